The molecule has 0 N–H and O–H groups in total. The summed E-state index contributed by atoms with van der Waals surface area (Å²) in [6.45, 7) is 7.15. The molecular weight excluding hydrogens is 318 g/mol. The minimum Gasteiger partial charge on any atom is -0.473 e. The van der Waals surface area contributed by atoms with Crippen LogP contribution in [0.25, 0.3) is 0 Å². The first-order valence-electron chi connectivity index (χ1n) is 7.94. The van der Waals surface area contributed by atoms with E-state index in [1.807, 2.05) is 25.7 Å². The van der Waals surface area contributed by atoms with Crippen LogP contribution >= 0.6 is 11.6 Å². The minimum absolute atomic E-state index is 0.126. The van der Waals surface area contributed by atoms with E-state index in [0.29, 0.717) is 22.9 Å². The van der Waals surface area contributed by atoms with E-state index < -0.39 is 5.60 Å². The van der Waals surface area contributed by atoms with Crippen LogP contribution in [-0.2, 0) is 4.74 Å². The van der Waals surface area contributed by atoms with Crippen molar-refractivity contribution in [2.24, 2.45) is 11.8 Å². The number of ether oxygens (including phenoxy) is 2. The Morgan fingerprint density at radius 2 is 1.87 bits per heavy atom. The SMILES string of the molecule is CC(C)(C)OC(=O)N1CC2C[C@H](Oc3ccc(Cl)nn3)C[C@@H]2C1. The monoisotopic (exact) mass is 339 g/mol. The normalized spacial score (nSPS) is 27.0. The predicted molar refractivity (Wildman–Crippen MR) is 85.5 cm³/mol. The van der Waals surface area contributed by atoms with Gasteiger partial charge in [0.1, 0.15) is 11.7 Å². The maximum absolute atomic E-state index is 12.1. The summed E-state index contributed by atoms with van der Waals surface area (Å²) in [7, 11) is 0. The second-order valence-corrected chi connectivity index (χ2v) is 7.70. The quantitative estimate of drug-likeness (QED) is 0.828. The van der Waals surface area contributed by atoms with E-state index in [1.165, 1.54) is 0 Å². The standard InChI is InChI=1S/C16H22ClN3O3/c1-16(2,3)23-15(21)20-8-10-6-12(7-11(10)9-20)22-14-5-4-13(17)18-19-14/h4-5,10-12H,6-9H2,1-3H3/t10-,11?,12-/m1/s1. The second-order valence-electron chi connectivity index (χ2n) is 7.31. The first-order chi connectivity index (χ1) is 10.8. The van der Waals surface area contributed by atoms with Gasteiger partial charge in [0.15, 0.2) is 5.15 Å². The van der Waals surface area contributed by atoms with Crippen molar-refractivity contribution in [1.82, 2.24) is 15.1 Å². The molecule has 1 saturated carbocycles. The third kappa shape index (κ3) is 4.05. The van der Waals surface area contributed by atoms with E-state index in [2.05, 4.69) is 10.2 Å². The van der Waals surface area contributed by atoms with Gasteiger partial charge < -0.3 is 14.4 Å². The zero-order chi connectivity index (χ0) is 16.6. The Morgan fingerprint density at radius 1 is 1.22 bits per heavy atom. The van der Waals surface area contributed by atoms with Gasteiger partial charge in [-0.05, 0) is 51.5 Å². The highest BCUT2D eigenvalue weighted by atomic mass is 35.5. The van der Waals surface area contributed by atoms with Crippen molar-refractivity contribution in [2.45, 2.75) is 45.3 Å². The molecule has 23 heavy (non-hydrogen) atoms. The molecule has 7 heteroatoms. The lowest BCUT2D eigenvalue weighted by molar-refractivity contribution is 0.0271. The van der Waals surface area contributed by atoms with Gasteiger partial charge in [0.25, 0.3) is 0 Å². The fraction of sp³-hybridized carbons (Fsp3) is 0.688. The fourth-order valence-corrected chi connectivity index (χ4v) is 3.45. The molecule has 1 aromatic rings. The highest BCUT2D eigenvalue weighted by Gasteiger charge is 2.44. The van der Waals surface area contributed by atoms with Gasteiger partial charge in [0.2, 0.25) is 5.88 Å². The van der Waals surface area contributed by atoms with Gasteiger partial charge in [-0.2, -0.15) is 0 Å². The third-order valence-corrected chi connectivity index (χ3v) is 4.46. The molecule has 1 aliphatic carbocycles. The molecule has 1 aliphatic heterocycles. The minimum atomic E-state index is -0.451. The molecule has 1 saturated heterocycles. The molecule has 1 aromatic heterocycles. The van der Waals surface area contributed by atoms with Crippen molar-refractivity contribution in [3.63, 3.8) is 0 Å². The molecule has 126 valence electrons. The number of carbonyl (C=O) groups is 1. The van der Waals surface area contributed by atoms with Crippen molar-refractivity contribution in [3.8, 4) is 5.88 Å². The summed E-state index contributed by atoms with van der Waals surface area (Å²) in [5, 5.41) is 8.07. The molecule has 1 unspecified atom stereocenters. The van der Waals surface area contributed by atoms with Crippen molar-refractivity contribution in [2.75, 3.05) is 13.1 Å². The van der Waals surface area contributed by atoms with Crippen LogP contribution in [0.5, 0.6) is 5.88 Å². The van der Waals surface area contributed by atoms with Crippen molar-refractivity contribution in [1.29, 1.82) is 0 Å². The summed E-state index contributed by atoms with van der Waals surface area (Å²) in [6, 6.07) is 3.40. The molecule has 3 rings (SSSR count). The number of nitrogens with zero attached hydrogens (tertiary/aromatic N) is 3. The molecule has 2 heterocycles. The number of rotatable bonds is 2. The number of fused-ring (bicyclic) bond motifs is 1. The predicted octanol–water partition coefficient (Wildman–Crippen LogP) is 3.15. The molecule has 0 radical (unpaired) electrons. The van der Waals surface area contributed by atoms with Gasteiger partial charge in [-0.25, -0.2) is 4.79 Å². The van der Waals surface area contributed by atoms with E-state index in [4.69, 9.17) is 21.1 Å². The van der Waals surface area contributed by atoms with E-state index in [9.17, 15) is 4.79 Å². The Balaban J connectivity index is 1.51. The molecule has 0 spiro atoms. The number of aromatic nitrogens is 2. The number of hydrogen-bond acceptors (Lipinski definition) is 5. The molecule has 0 aromatic carbocycles. The van der Waals surface area contributed by atoms with Crippen molar-refractivity contribution >= 4 is 17.7 Å². The Labute approximate surface area is 141 Å². The van der Waals surface area contributed by atoms with Crippen LogP contribution in [0.2, 0.25) is 5.15 Å². The van der Waals surface area contributed by atoms with Crippen LogP contribution in [0.15, 0.2) is 12.1 Å². The summed E-state index contributed by atoms with van der Waals surface area (Å²) < 4.78 is 11.3. The van der Waals surface area contributed by atoms with Crippen LogP contribution in [0.1, 0.15) is 33.6 Å². The highest BCUT2D eigenvalue weighted by Crippen LogP contribution is 2.39. The summed E-state index contributed by atoms with van der Waals surface area (Å²) in [5.41, 5.74) is -0.451. The first kappa shape index (κ1) is 16.3. The van der Waals surface area contributed by atoms with Gasteiger partial charge in [0.05, 0.1) is 0 Å². The van der Waals surface area contributed by atoms with Gasteiger partial charge in [0, 0.05) is 19.2 Å². The number of hydrogen-bond donors (Lipinski definition) is 0. The van der Waals surface area contributed by atoms with E-state index in [1.54, 1.807) is 12.1 Å². The van der Waals surface area contributed by atoms with Crippen molar-refractivity contribution < 1.29 is 14.3 Å². The molecule has 2 aliphatic rings. The van der Waals surface area contributed by atoms with Gasteiger partial charge in [-0.15, -0.1) is 10.2 Å². The van der Waals surface area contributed by atoms with E-state index in [-0.39, 0.29) is 12.2 Å². The fourth-order valence-electron chi connectivity index (χ4n) is 3.35. The molecular formula is C16H22ClN3O3. The van der Waals surface area contributed by atoms with Crippen LogP contribution in [0.4, 0.5) is 4.79 Å². The Bertz CT molecular complexity index is 559. The van der Waals surface area contributed by atoms with Crippen LogP contribution < -0.4 is 4.74 Å². The zero-order valence-electron chi connectivity index (χ0n) is 13.7. The molecule has 3 atom stereocenters. The Kier molecular flexibility index (Phi) is 4.36. The molecule has 1 amide bonds. The van der Waals surface area contributed by atoms with Gasteiger partial charge in [-0.3, -0.25) is 0 Å². The van der Waals surface area contributed by atoms with Crippen LogP contribution in [-0.4, -0.2) is 46.0 Å². The summed E-state index contributed by atoms with van der Waals surface area (Å²) in [4.78, 5) is 14.0. The number of likely N-dealkylation sites (tertiary alicyclic amines) is 1. The lowest BCUT2D eigenvalue weighted by atomic mass is 10.0. The lowest BCUT2D eigenvalue weighted by Gasteiger charge is -2.25. The van der Waals surface area contributed by atoms with E-state index >= 15 is 0 Å². The summed E-state index contributed by atoms with van der Waals surface area (Å²) >= 11 is 5.72. The van der Waals surface area contributed by atoms with Crippen molar-refractivity contribution in [3.05, 3.63) is 17.3 Å². The lowest BCUT2D eigenvalue weighted by Crippen LogP contribution is -2.36. The second kappa shape index (κ2) is 6.15. The maximum atomic E-state index is 12.1. The average Bonchev–Trinajstić information content (AvgIpc) is 2.97. The van der Waals surface area contributed by atoms with Crippen LogP contribution in [0.3, 0.4) is 0 Å². The first-order valence-corrected chi connectivity index (χ1v) is 8.32. The molecule has 2 fully saturated rings. The zero-order valence-corrected chi connectivity index (χ0v) is 14.4. The summed E-state index contributed by atoms with van der Waals surface area (Å²) in [5.74, 6) is 1.43. The Morgan fingerprint density at radius 3 is 2.39 bits per heavy atom. The summed E-state index contributed by atoms with van der Waals surface area (Å²) in [6.07, 6.45) is 1.76. The Hall–Kier alpha value is -1.56. The maximum Gasteiger partial charge on any atom is 0.410 e. The largest absolute Gasteiger partial charge is 0.473 e. The highest BCUT2D eigenvalue weighted by molar-refractivity contribution is 6.29. The third-order valence-electron chi connectivity index (χ3n) is 4.25. The molecule has 6 nitrogen and oxygen atoms in total. The number of amides is 1. The average molecular weight is 340 g/mol. The smallest absolute Gasteiger partial charge is 0.410 e. The molecule has 0 bridgehead atoms. The topological polar surface area (TPSA) is 64.5 Å². The van der Waals surface area contributed by atoms with Gasteiger partial charge >= 0.3 is 6.09 Å². The van der Waals surface area contributed by atoms with Crippen LogP contribution in [0, 0.1) is 11.8 Å². The van der Waals surface area contributed by atoms with E-state index in [0.717, 1.165) is 25.9 Å². The number of halogens is 1. The van der Waals surface area contributed by atoms with Gasteiger partial charge in [-0.1, -0.05) is 11.6 Å². The number of carbonyl (C=O) groups excluding carboxylic acids is 1.